The van der Waals surface area contributed by atoms with E-state index in [1.807, 2.05) is 48.0 Å². The Labute approximate surface area is 189 Å². The van der Waals surface area contributed by atoms with Crippen molar-refractivity contribution in [2.45, 2.75) is 13.5 Å². The maximum Gasteiger partial charge on any atom is 0.258 e. The molecule has 3 N–H and O–H groups in total. The molecular formula is C21H16BrN7OS. The average molecular weight is 494 g/mol. The van der Waals surface area contributed by atoms with E-state index in [-0.39, 0.29) is 5.91 Å². The van der Waals surface area contributed by atoms with Crippen LogP contribution >= 0.6 is 27.3 Å². The van der Waals surface area contributed by atoms with Crippen molar-refractivity contribution in [3.8, 4) is 0 Å². The predicted octanol–water partition coefficient (Wildman–Crippen LogP) is 4.39. The lowest BCUT2D eigenvalue weighted by Gasteiger charge is -2.08. The lowest BCUT2D eigenvalue weighted by Crippen LogP contribution is -2.12. The largest absolute Gasteiger partial charge is 0.382 e. The summed E-state index contributed by atoms with van der Waals surface area (Å²) in [6.07, 6.45) is 1.36. The van der Waals surface area contributed by atoms with Crippen molar-refractivity contribution in [1.82, 2.24) is 24.7 Å². The number of carbonyl (C=O) groups excluding carboxylic acids is 1. The Balaban J connectivity index is 1.51. The van der Waals surface area contributed by atoms with Gasteiger partial charge in [-0.05, 0) is 47.1 Å². The third-order valence-corrected chi connectivity index (χ3v) is 6.41. The third kappa shape index (κ3) is 3.53. The second kappa shape index (κ2) is 7.71. The van der Waals surface area contributed by atoms with Gasteiger partial charge in [-0.2, -0.15) is 5.10 Å². The molecule has 5 rings (SSSR count). The van der Waals surface area contributed by atoms with Gasteiger partial charge in [0.2, 0.25) is 0 Å². The SMILES string of the molecule is Cc1cccc(Cn2nc(Br)c3c(NC(=O)c4csc5c(N)ncnc45)cccc32)n1. The number of pyridine rings is 1. The maximum atomic E-state index is 13.0. The quantitative estimate of drug-likeness (QED) is 0.383. The van der Waals surface area contributed by atoms with E-state index in [1.165, 1.54) is 17.7 Å². The number of benzene rings is 1. The predicted molar refractivity (Wildman–Crippen MR) is 125 cm³/mol. The number of aryl methyl sites for hydroxylation is 1. The summed E-state index contributed by atoms with van der Waals surface area (Å²) in [5.74, 6) is 0.0989. The van der Waals surface area contributed by atoms with Crippen molar-refractivity contribution >= 4 is 65.8 Å². The molecular weight excluding hydrogens is 478 g/mol. The molecule has 10 heteroatoms. The topological polar surface area (TPSA) is 112 Å². The summed E-state index contributed by atoms with van der Waals surface area (Å²) in [4.78, 5) is 25.8. The minimum absolute atomic E-state index is 0.267. The van der Waals surface area contributed by atoms with Crippen LogP contribution in [0.5, 0.6) is 0 Å². The van der Waals surface area contributed by atoms with Gasteiger partial charge < -0.3 is 11.1 Å². The molecule has 31 heavy (non-hydrogen) atoms. The van der Waals surface area contributed by atoms with Crippen LogP contribution in [0.4, 0.5) is 11.5 Å². The number of nitrogens with zero attached hydrogens (tertiary/aromatic N) is 5. The number of aromatic nitrogens is 5. The summed E-state index contributed by atoms with van der Waals surface area (Å²) in [6, 6.07) is 11.6. The van der Waals surface area contributed by atoms with Crippen molar-refractivity contribution < 1.29 is 4.79 Å². The van der Waals surface area contributed by atoms with E-state index < -0.39 is 0 Å². The standard InChI is InChI=1S/C21H16BrN7OS/c1-11-4-2-5-12(26-11)8-29-15-7-3-6-14(16(15)19(22)28-29)27-21(30)13-9-31-18-17(13)24-10-25-20(18)23/h2-7,9-10H,8H2,1H3,(H,27,30)(H2,23,24,25). The Morgan fingerprint density at radius 2 is 2.06 bits per heavy atom. The van der Waals surface area contributed by atoms with Crippen LogP contribution in [-0.4, -0.2) is 30.6 Å². The number of nitrogens with one attached hydrogen (secondary N) is 1. The van der Waals surface area contributed by atoms with Crippen molar-refractivity contribution in [2.24, 2.45) is 0 Å². The number of anilines is 2. The minimum Gasteiger partial charge on any atom is -0.382 e. The molecule has 1 aromatic carbocycles. The number of rotatable bonds is 4. The Kier molecular flexibility index (Phi) is 4.87. The molecule has 0 saturated heterocycles. The molecule has 0 unspecified atom stereocenters. The average Bonchev–Trinajstić information content (AvgIpc) is 3.31. The van der Waals surface area contributed by atoms with E-state index in [0.29, 0.717) is 38.4 Å². The van der Waals surface area contributed by atoms with E-state index >= 15 is 0 Å². The maximum absolute atomic E-state index is 13.0. The Bertz CT molecular complexity index is 1460. The molecule has 0 radical (unpaired) electrons. The molecule has 0 bridgehead atoms. The Morgan fingerprint density at radius 3 is 2.90 bits per heavy atom. The number of hydrogen-bond acceptors (Lipinski definition) is 7. The highest BCUT2D eigenvalue weighted by Gasteiger charge is 2.19. The Morgan fingerprint density at radius 1 is 1.23 bits per heavy atom. The van der Waals surface area contributed by atoms with Gasteiger partial charge in [0.05, 0.1) is 44.6 Å². The highest BCUT2D eigenvalue weighted by Crippen LogP contribution is 2.33. The zero-order chi connectivity index (χ0) is 21.5. The summed E-state index contributed by atoms with van der Waals surface area (Å²) in [5, 5.41) is 10.2. The molecule has 4 heterocycles. The molecule has 8 nitrogen and oxygen atoms in total. The minimum atomic E-state index is -0.267. The van der Waals surface area contributed by atoms with Crippen LogP contribution < -0.4 is 11.1 Å². The summed E-state index contributed by atoms with van der Waals surface area (Å²) >= 11 is 4.89. The van der Waals surface area contributed by atoms with Crippen LogP contribution in [0.25, 0.3) is 21.1 Å². The van der Waals surface area contributed by atoms with Gasteiger partial charge in [-0.3, -0.25) is 14.5 Å². The summed E-state index contributed by atoms with van der Waals surface area (Å²) in [5.41, 5.74) is 10.3. The second-order valence-corrected chi connectivity index (χ2v) is 8.59. The highest BCUT2D eigenvalue weighted by molar-refractivity contribution is 9.10. The number of thiophene rings is 1. The molecule has 0 saturated carbocycles. The molecule has 0 aliphatic carbocycles. The Hall–Kier alpha value is -3.37. The number of halogens is 1. The first-order valence-corrected chi connectivity index (χ1v) is 11.0. The fourth-order valence-corrected chi connectivity index (χ4v) is 4.98. The van der Waals surface area contributed by atoms with Gasteiger partial charge in [-0.25, -0.2) is 9.97 Å². The van der Waals surface area contributed by atoms with Crippen LogP contribution in [0.1, 0.15) is 21.7 Å². The van der Waals surface area contributed by atoms with Gasteiger partial charge >= 0.3 is 0 Å². The number of fused-ring (bicyclic) bond motifs is 2. The molecule has 1 amide bonds. The van der Waals surface area contributed by atoms with Gasteiger partial charge in [-0.15, -0.1) is 11.3 Å². The second-order valence-electron chi connectivity index (χ2n) is 6.96. The normalized spacial score (nSPS) is 11.3. The summed E-state index contributed by atoms with van der Waals surface area (Å²) in [7, 11) is 0. The fourth-order valence-electron chi connectivity index (χ4n) is 3.47. The van der Waals surface area contributed by atoms with Gasteiger partial charge in [0.1, 0.15) is 16.7 Å². The van der Waals surface area contributed by atoms with Crippen LogP contribution in [-0.2, 0) is 6.54 Å². The monoisotopic (exact) mass is 493 g/mol. The molecule has 0 atom stereocenters. The molecule has 0 fully saturated rings. The van der Waals surface area contributed by atoms with Crippen molar-refractivity contribution in [3.63, 3.8) is 0 Å². The van der Waals surface area contributed by atoms with E-state index in [4.69, 9.17) is 5.73 Å². The first-order valence-electron chi connectivity index (χ1n) is 9.38. The van der Waals surface area contributed by atoms with Crippen molar-refractivity contribution in [1.29, 1.82) is 0 Å². The zero-order valence-corrected chi connectivity index (χ0v) is 18.7. The van der Waals surface area contributed by atoms with E-state index in [0.717, 1.165) is 22.3 Å². The smallest absolute Gasteiger partial charge is 0.258 e. The molecule has 4 aromatic heterocycles. The van der Waals surface area contributed by atoms with E-state index in [1.54, 1.807) is 5.38 Å². The van der Waals surface area contributed by atoms with Gasteiger partial charge in [0.15, 0.2) is 0 Å². The highest BCUT2D eigenvalue weighted by atomic mass is 79.9. The number of amides is 1. The third-order valence-electron chi connectivity index (χ3n) is 4.87. The number of nitrogen functional groups attached to an aromatic ring is 1. The molecule has 0 aliphatic rings. The molecule has 0 spiro atoms. The number of nitrogens with two attached hydrogens (primary N) is 1. The van der Waals surface area contributed by atoms with Gasteiger partial charge in [0, 0.05) is 11.1 Å². The zero-order valence-electron chi connectivity index (χ0n) is 16.3. The fraction of sp³-hybridized carbons (Fsp3) is 0.0952. The van der Waals surface area contributed by atoms with Crippen LogP contribution in [0.15, 0.2) is 52.7 Å². The summed E-state index contributed by atoms with van der Waals surface area (Å²) in [6.45, 7) is 2.48. The van der Waals surface area contributed by atoms with Crippen LogP contribution in [0, 0.1) is 6.92 Å². The van der Waals surface area contributed by atoms with Crippen molar-refractivity contribution in [2.75, 3.05) is 11.1 Å². The molecule has 5 aromatic rings. The van der Waals surface area contributed by atoms with Gasteiger partial charge in [-0.1, -0.05) is 12.1 Å². The first-order chi connectivity index (χ1) is 15.0. The first kappa shape index (κ1) is 19.6. The van der Waals surface area contributed by atoms with Gasteiger partial charge in [0.25, 0.3) is 5.91 Å². The number of hydrogen-bond donors (Lipinski definition) is 2. The van der Waals surface area contributed by atoms with Crippen molar-refractivity contribution in [3.05, 3.63) is 69.7 Å². The number of carbonyl (C=O) groups is 1. The summed E-state index contributed by atoms with van der Waals surface area (Å²) < 4.78 is 3.21. The lowest BCUT2D eigenvalue weighted by molar-refractivity contribution is 0.102. The lowest BCUT2D eigenvalue weighted by atomic mass is 10.2. The van der Waals surface area contributed by atoms with E-state index in [9.17, 15) is 4.79 Å². The van der Waals surface area contributed by atoms with Crippen LogP contribution in [0.3, 0.4) is 0 Å². The molecule has 154 valence electrons. The van der Waals surface area contributed by atoms with E-state index in [2.05, 4.69) is 41.3 Å². The van der Waals surface area contributed by atoms with Crippen LogP contribution in [0.2, 0.25) is 0 Å². The molecule has 0 aliphatic heterocycles.